The molecular weight excluding hydrogens is 446 g/mol. The second-order valence-corrected chi connectivity index (χ2v) is 8.51. The van der Waals surface area contributed by atoms with Gasteiger partial charge in [0, 0.05) is 24.2 Å². The van der Waals surface area contributed by atoms with Crippen LogP contribution < -0.4 is 15.1 Å². The molecule has 0 radical (unpaired) electrons. The molecule has 3 rings (SSSR count). The standard InChI is InChI=1S/C23H31N5O4.ClH/c1-7-31-20-10-15(2)21-26-27(22(24-6)28(21)25-20)14-19(30)16-11-17(23(3,4)5)13-18(12-16)32-9-8-29;/h10-13,29H,7-9,14H2,1-6H3;1H/b24-22+;. The van der Waals surface area contributed by atoms with Gasteiger partial charge in [0.15, 0.2) is 11.4 Å². The van der Waals surface area contributed by atoms with E-state index in [1.807, 2.05) is 32.0 Å². The molecule has 0 bridgehead atoms. The van der Waals surface area contributed by atoms with Crippen LogP contribution in [0.5, 0.6) is 11.6 Å². The van der Waals surface area contributed by atoms with E-state index in [1.54, 1.807) is 22.3 Å². The highest BCUT2D eigenvalue weighted by atomic mass is 35.5. The number of halogens is 1. The Morgan fingerprint density at radius 3 is 2.48 bits per heavy atom. The van der Waals surface area contributed by atoms with Gasteiger partial charge < -0.3 is 14.6 Å². The number of carbonyl (C=O) groups excluding carboxylic acids is 1. The van der Waals surface area contributed by atoms with Gasteiger partial charge >= 0.3 is 0 Å². The summed E-state index contributed by atoms with van der Waals surface area (Å²) in [6.07, 6.45) is 0. The van der Waals surface area contributed by atoms with E-state index in [0.717, 1.165) is 11.1 Å². The minimum Gasteiger partial charge on any atom is -0.491 e. The molecule has 0 atom stereocenters. The molecule has 180 valence electrons. The molecule has 1 N–H and O–H groups in total. The average molecular weight is 478 g/mol. The van der Waals surface area contributed by atoms with Crippen molar-refractivity contribution in [3.05, 3.63) is 46.6 Å². The Bertz CT molecular complexity index is 1190. The molecule has 0 spiro atoms. The highest BCUT2D eigenvalue weighted by Crippen LogP contribution is 2.28. The van der Waals surface area contributed by atoms with Gasteiger partial charge in [-0.3, -0.25) is 9.79 Å². The summed E-state index contributed by atoms with van der Waals surface area (Å²) in [7, 11) is 1.63. The Morgan fingerprint density at radius 1 is 1.15 bits per heavy atom. The maximum Gasteiger partial charge on any atom is 0.245 e. The lowest BCUT2D eigenvalue weighted by molar-refractivity contribution is 0.0965. The number of aliphatic hydroxyl groups is 1. The molecule has 2 aromatic heterocycles. The van der Waals surface area contributed by atoms with Crippen LogP contribution >= 0.6 is 12.4 Å². The summed E-state index contributed by atoms with van der Waals surface area (Å²) >= 11 is 0. The number of fused-ring (bicyclic) bond motifs is 1. The number of ether oxygens (including phenoxy) is 2. The zero-order valence-corrected chi connectivity index (χ0v) is 20.8. The van der Waals surface area contributed by atoms with Crippen molar-refractivity contribution in [2.24, 2.45) is 4.99 Å². The van der Waals surface area contributed by atoms with E-state index in [0.29, 0.717) is 35.1 Å². The smallest absolute Gasteiger partial charge is 0.245 e. The Hall–Kier alpha value is -2.91. The number of aromatic nitrogens is 4. The lowest BCUT2D eigenvalue weighted by Crippen LogP contribution is -2.27. The van der Waals surface area contributed by atoms with Gasteiger partial charge in [0.1, 0.15) is 18.9 Å². The molecule has 2 heterocycles. The molecule has 0 saturated carbocycles. The summed E-state index contributed by atoms with van der Waals surface area (Å²) in [5, 5.41) is 18.1. The van der Waals surface area contributed by atoms with Crippen LogP contribution in [0, 0.1) is 6.92 Å². The highest BCUT2D eigenvalue weighted by molar-refractivity contribution is 5.96. The Labute approximate surface area is 199 Å². The maximum absolute atomic E-state index is 13.3. The topological polar surface area (TPSA) is 103 Å². The van der Waals surface area contributed by atoms with Crippen LogP contribution in [0.2, 0.25) is 0 Å². The van der Waals surface area contributed by atoms with Gasteiger partial charge in [-0.2, -0.15) is 4.52 Å². The molecule has 0 saturated heterocycles. The minimum atomic E-state index is -0.176. The SMILES string of the molecule is CCOc1cc(C)c2nn(CC(=O)c3cc(OCCO)cc(C(C)(C)C)c3)/c(=N\C)n2n1.Cl. The first-order valence-corrected chi connectivity index (χ1v) is 10.6. The fourth-order valence-electron chi connectivity index (χ4n) is 3.32. The third-order valence-electron chi connectivity index (χ3n) is 4.97. The number of hydrogen-bond donors (Lipinski definition) is 1. The molecule has 3 aromatic rings. The summed E-state index contributed by atoms with van der Waals surface area (Å²) < 4.78 is 14.3. The van der Waals surface area contributed by atoms with Crippen LogP contribution in [0.15, 0.2) is 29.3 Å². The predicted octanol–water partition coefficient (Wildman–Crippen LogP) is 2.74. The zero-order valence-electron chi connectivity index (χ0n) is 20.0. The van der Waals surface area contributed by atoms with Crippen LogP contribution in [-0.4, -0.2) is 57.2 Å². The van der Waals surface area contributed by atoms with Crippen LogP contribution in [-0.2, 0) is 12.0 Å². The lowest BCUT2D eigenvalue weighted by atomic mass is 9.85. The van der Waals surface area contributed by atoms with Gasteiger partial charge in [-0.25, -0.2) is 4.68 Å². The first kappa shape index (κ1) is 26.3. The van der Waals surface area contributed by atoms with Crippen LogP contribution in [0.25, 0.3) is 5.65 Å². The number of nitrogens with zero attached hydrogens (tertiary/aromatic N) is 5. The van der Waals surface area contributed by atoms with E-state index in [9.17, 15) is 4.79 Å². The van der Waals surface area contributed by atoms with Crippen molar-refractivity contribution < 1.29 is 19.4 Å². The summed E-state index contributed by atoms with van der Waals surface area (Å²) in [5.41, 5.74) is 3.23. The average Bonchev–Trinajstić information content (AvgIpc) is 3.09. The molecule has 1 aromatic carbocycles. The number of carbonyl (C=O) groups is 1. The van der Waals surface area contributed by atoms with E-state index in [1.165, 1.54) is 0 Å². The summed E-state index contributed by atoms with van der Waals surface area (Å²) in [4.78, 5) is 17.6. The third kappa shape index (κ3) is 5.91. The molecular formula is C23H32ClN5O4. The minimum absolute atomic E-state index is 0. The molecule has 0 fully saturated rings. The molecule has 9 nitrogen and oxygen atoms in total. The van der Waals surface area contributed by atoms with Gasteiger partial charge in [0.25, 0.3) is 0 Å². The monoisotopic (exact) mass is 477 g/mol. The molecule has 10 heteroatoms. The van der Waals surface area contributed by atoms with Crippen LogP contribution in [0.4, 0.5) is 0 Å². The number of aliphatic hydroxyl groups excluding tert-OH is 1. The van der Waals surface area contributed by atoms with Crippen molar-refractivity contribution in [3.8, 4) is 11.6 Å². The van der Waals surface area contributed by atoms with Gasteiger partial charge in [-0.1, -0.05) is 20.8 Å². The lowest BCUT2D eigenvalue weighted by Gasteiger charge is -2.21. The molecule has 0 aliphatic carbocycles. The number of benzene rings is 1. The summed E-state index contributed by atoms with van der Waals surface area (Å²) in [5.74, 6) is 0.891. The maximum atomic E-state index is 13.3. The van der Waals surface area contributed by atoms with Gasteiger partial charge in [-0.05, 0) is 43.0 Å². The second-order valence-electron chi connectivity index (χ2n) is 8.51. The number of hydrogen-bond acceptors (Lipinski definition) is 7. The van der Waals surface area contributed by atoms with Crippen molar-refractivity contribution >= 4 is 23.8 Å². The van der Waals surface area contributed by atoms with E-state index in [-0.39, 0.29) is 43.4 Å². The first-order chi connectivity index (χ1) is 15.2. The molecule has 0 amide bonds. The quantitative estimate of drug-likeness (QED) is 0.500. The van der Waals surface area contributed by atoms with Gasteiger partial charge in [0.2, 0.25) is 11.5 Å². The largest absolute Gasteiger partial charge is 0.491 e. The molecule has 0 aliphatic rings. The van der Waals surface area contributed by atoms with Crippen LogP contribution in [0.3, 0.4) is 0 Å². The number of ketones is 1. The highest BCUT2D eigenvalue weighted by Gasteiger charge is 2.20. The van der Waals surface area contributed by atoms with E-state index >= 15 is 0 Å². The van der Waals surface area contributed by atoms with Crippen molar-refractivity contribution in [1.29, 1.82) is 0 Å². The summed E-state index contributed by atoms with van der Waals surface area (Å²) in [6.45, 7) is 10.6. The van der Waals surface area contributed by atoms with Crippen molar-refractivity contribution in [3.63, 3.8) is 0 Å². The van der Waals surface area contributed by atoms with Crippen molar-refractivity contribution in [2.75, 3.05) is 26.9 Å². The Morgan fingerprint density at radius 2 is 1.88 bits per heavy atom. The van der Waals surface area contributed by atoms with Gasteiger partial charge in [0.05, 0.1) is 13.2 Å². The zero-order chi connectivity index (χ0) is 23.5. The molecule has 0 unspecified atom stereocenters. The first-order valence-electron chi connectivity index (χ1n) is 10.6. The second kappa shape index (κ2) is 10.8. The molecule has 0 aliphatic heterocycles. The normalized spacial score (nSPS) is 12.0. The summed E-state index contributed by atoms with van der Waals surface area (Å²) in [6, 6.07) is 7.29. The predicted molar refractivity (Wildman–Crippen MR) is 128 cm³/mol. The fraction of sp³-hybridized carbons (Fsp3) is 0.478. The molecule has 33 heavy (non-hydrogen) atoms. The van der Waals surface area contributed by atoms with E-state index < -0.39 is 0 Å². The van der Waals surface area contributed by atoms with Crippen LogP contribution in [0.1, 0.15) is 49.2 Å². The van der Waals surface area contributed by atoms with Crippen molar-refractivity contribution in [1.82, 2.24) is 19.4 Å². The number of rotatable bonds is 8. The van der Waals surface area contributed by atoms with Crippen molar-refractivity contribution in [2.45, 2.75) is 46.6 Å². The Kier molecular flexibility index (Phi) is 8.63. The van der Waals surface area contributed by atoms with E-state index in [2.05, 4.69) is 36.0 Å². The number of Topliss-reactive ketones (excluding diaryl/α,β-unsaturated/α-hetero) is 1. The number of aryl methyl sites for hydroxylation is 1. The third-order valence-corrected chi connectivity index (χ3v) is 4.97. The van der Waals surface area contributed by atoms with Gasteiger partial charge in [-0.15, -0.1) is 22.6 Å². The van der Waals surface area contributed by atoms with E-state index in [4.69, 9.17) is 14.6 Å². The Balaban J connectivity index is 0.00000385. The fourth-order valence-corrected chi connectivity index (χ4v) is 3.32.